The standard InChI is InChI=1S/C16H30N2O3Si/c1-6-13-22(19-4,20-5)21-16(3,17-7-2)18-14-15-11-9-8-10-12-15/h8-12,17-18H,6-7,13-14H2,1-5H3. The van der Waals surface area contributed by atoms with Gasteiger partial charge in [-0.3, -0.25) is 10.6 Å². The van der Waals surface area contributed by atoms with E-state index in [9.17, 15) is 0 Å². The van der Waals surface area contributed by atoms with Crippen LogP contribution in [-0.4, -0.2) is 35.4 Å². The summed E-state index contributed by atoms with van der Waals surface area (Å²) in [6.45, 7) is 7.62. The molecule has 6 heteroatoms. The first-order chi connectivity index (χ1) is 10.5. The summed E-state index contributed by atoms with van der Waals surface area (Å²) in [6, 6.07) is 11.0. The zero-order chi connectivity index (χ0) is 16.5. The fourth-order valence-electron chi connectivity index (χ4n) is 2.38. The van der Waals surface area contributed by atoms with Gasteiger partial charge in [0.2, 0.25) is 0 Å². The number of benzene rings is 1. The Morgan fingerprint density at radius 2 is 1.68 bits per heavy atom. The summed E-state index contributed by atoms with van der Waals surface area (Å²) in [7, 11) is 0.644. The van der Waals surface area contributed by atoms with E-state index in [4.69, 9.17) is 13.3 Å². The largest absolute Gasteiger partial charge is 0.502 e. The highest BCUT2D eigenvalue weighted by atomic mass is 28.4. The van der Waals surface area contributed by atoms with Gasteiger partial charge in [-0.15, -0.1) is 0 Å². The van der Waals surface area contributed by atoms with Gasteiger partial charge in [0.25, 0.3) is 0 Å². The minimum atomic E-state index is -2.68. The Morgan fingerprint density at radius 3 is 2.18 bits per heavy atom. The van der Waals surface area contributed by atoms with Crippen LogP contribution in [0.1, 0.15) is 32.8 Å². The van der Waals surface area contributed by atoms with E-state index in [-0.39, 0.29) is 0 Å². The molecule has 126 valence electrons. The molecule has 0 amide bonds. The van der Waals surface area contributed by atoms with E-state index in [2.05, 4.69) is 36.6 Å². The van der Waals surface area contributed by atoms with Gasteiger partial charge in [-0.1, -0.05) is 50.6 Å². The van der Waals surface area contributed by atoms with Crippen LogP contribution in [0.5, 0.6) is 0 Å². The molecule has 1 aromatic rings. The molecule has 0 spiro atoms. The summed E-state index contributed by atoms with van der Waals surface area (Å²) < 4.78 is 17.6. The summed E-state index contributed by atoms with van der Waals surface area (Å²) in [5.74, 6) is -0.696. The molecule has 2 N–H and O–H groups in total. The molecule has 0 aliphatic heterocycles. The molecule has 0 bridgehead atoms. The predicted octanol–water partition coefficient (Wildman–Crippen LogP) is 2.72. The SMILES string of the molecule is CCC[Si](OC)(OC)OC(C)(NCC)NCc1ccccc1. The Labute approximate surface area is 135 Å². The van der Waals surface area contributed by atoms with E-state index in [0.717, 1.165) is 19.0 Å². The molecule has 1 unspecified atom stereocenters. The zero-order valence-electron chi connectivity index (χ0n) is 14.4. The van der Waals surface area contributed by atoms with E-state index < -0.39 is 14.7 Å². The molecule has 1 atom stereocenters. The van der Waals surface area contributed by atoms with Crippen molar-refractivity contribution in [3.8, 4) is 0 Å². The Kier molecular flexibility index (Phi) is 8.23. The van der Waals surface area contributed by atoms with Gasteiger partial charge in [0.1, 0.15) is 0 Å². The molecule has 0 radical (unpaired) electrons. The van der Waals surface area contributed by atoms with Gasteiger partial charge in [0.05, 0.1) is 0 Å². The van der Waals surface area contributed by atoms with Crippen LogP contribution in [0.4, 0.5) is 0 Å². The van der Waals surface area contributed by atoms with Gasteiger partial charge in [0.15, 0.2) is 5.85 Å². The highest BCUT2D eigenvalue weighted by molar-refractivity contribution is 6.60. The van der Waals surface area contributed by atoms with Crippen LogP contribution in [0, 0.1) is 0 Å². The highest BCUT2D eigenvalue weighted by Crippen LogP contribution is 2.21. The van der Waals surface area contributed by atoms with Crippen molar-refractivity contribution in [2.75, 3.05) is 20.8 Å². The van der Waals surface area contributed by atoms with Crippen molar-refractivity contribution in [1.29, 1.82) is 0 Å². The van der Waals surface area contributed by atoms with Crippen molar-refractivity contribution in [1.82, 2.24) is 10.6 Å². The third-order valence-corrected chi connectivity index (χ3v) is 6.60. The Morgan fingerprint density at radius 1 is 1.05 bits per heavy atom. The van der Waals surface area contributed by atoms with Crippen molar-refractivity contribution < 1.29 is 13.3 Å². The number of hydrogen-bond acceptors (Lipinski definition) is 5. The molecule has 22 heavy (non-hydrogen) atoms. The first kappa shape index (κ1) is 19.3. The Balaban J connectivity index is 2.79. The number of rotatable bonds is 11. The average Bonchev–Trinajstić information content (AvgIpc) is 2.54. The molecule has 0 aliphatic rings. The van der Waals surface area contributed by atoms with Crippen LogP contribution >= 0.6 is 0 Å². The second-order valence-corrected chi connectivity index (χ2v) is 8.23. The topological polar surface area (TPSA) is 51.8 Å². The highest BCUT2D eigenvalue weighted by Gasteiger charge is 2.44. The minimum absolute atomic E-state index is 0.696. The van der Waals surface area contributed by atoms with Gasteiger partial charge < -0.3 is 13.3 Å². The lowest BCUT2D eigenvalue weighted by Gasteiger charge is -2.39. The lowest BCUT2D eigenvalue weighted by atomic mass is 10.2. The number of nitrogens with one attached hydrogen (secondary N) is 2. The van der Waals surface area contributed by atoms with Gasteiger partial charge in [-0.25, -0.2) is 0 Å². The van der Waals surface area contributed by atoms with Crippen molar-refractivity contribution in [3.05, 3.63) is 35.9 Å². The lowest BCUT2D eigenvalue weighted by molar-refractivity contribution is -0.0514. The Bertz CT molecular complexity index is 415. The van der Waals surface area contributed by atoms with E-state index >= 15 is 0 Å². The van der Waals surface area contributed by atoms with Crippen molar-refractivity contribution >= 4 is 8.80 Å². The van der Waals surface area contributed by atoms with E-state index in [1.165, 1.54) is 5.56 Å². The van der Waals surface area contributed by atoms with Gasteiger partial charge in [-0.05, 0) is 19.0 Å². The summed E-state index contributed by atoms with van der Waals surface area (Å²) in [4.78, 5) is 0. The average molecular weight is 327 g/mol. The van der Waals surface area contributed by atoms with Crippen LogP contribution in [0.15, 0.2) is 30.3 Å². The summed E-state index contributed by atoms with van der Waals surface area (Å²) in [6.07, 6.45) is 0.953. The molecule has 0 aromatic heterocycles. The van der Waals surface area contributed by atoms with E-state index in [1.807, 2.05) is 25.1 Å². The van der Waals surface area contributed by atoms with Crippen LogP contribution in [-0.2, 0) is 19.8 Å². The molecule has 0 aliphatic carbocycles. The summed E-state index contributed by atoms with van der Waals surface area (Å²) in [5.41, 5.74) is 1.20. The second-order valence-electron chi connectivity index (χ2n) is 5.35. The van der Waals surface area contributed by atoms with Crippen LogP contribution in [0.3, 0.4) is 0 Å². The molecule has 1 rings (SSSR count). The maximum atomic E-state index is 6.30. The molecular formula is C16H30N2O3Si. The van der Waals surface area contributed by atoms with Crippen molar-refractivity contribution in [2.24, 2.45) is 0 Å². The van der Waals surface area contributed by atoms with Crippen molar-refractivity contribution in [3.63, 3.8) is 0 Å². The molecule has 1 aromatic carbocycles. The fraction of sp³-hybridized carbons (Fsp3) is 0.625. The summed E-state index contributed by atoms with van der Waals surface area (Å²) >= 11 is 0. The van der Waals surface area contributed by atoms with Gasteiger partial charge >= 0.3 is 8.80 Å². The van der Waals surface area contributed by atoms with E-state index in [0.29, 0.717) is 6.54 Å². The smallest absolute Gasteiger partial charge is 0.377 e. The number of hydrogen-bond donors (Lipinski definition) is 2. The minimum Gasteiger partial charge on any atom is -0.377 e. The molecule has 0 heterocycles. The molecule has 0 saturated heterocycles. The fourth-order valence-corrected chi connectivity index (χ4v) is 4.60. The third kappa shape index (κ3) is 5.79. The third-order valence-electron chi connectivity index (χ3n) is 3.52. The lowest BCUT2D eigenvalue weighted by Crippen LogP contribution is -2.63. The maximum Gasteiger partial charge on any atom is 0.502 e. The van der Waals surface area contributed by atoms with Crippen LogP contribution < -0.4 is 10.6 Å². The molecule has 0 saturated carbocycles. The van der Waals surface area contributed by atoms with E-state index in [1.54, 1.807) is 14.2 Å². The van der Waals surface area contributed by atoms with Gasteiger partial charge in [-0.2, -0.15) is 0 Å². The first-order valence-electron chi connectivity index (χ1n) is 7.87. The summed E-state index contributed by atoms with van der Waals surface area (Å²) in [5, 5.41) is 6.79. The Hall–Kier alpha value is -0.763. The molecule has 0 fully saturated rings. The molecular weight excluding hydrogens is 296 g/mol. The second kappa shape index (κ2) is 9.39. The van der Waals surface area contributed by atoms with Crippen LogP contribution in [0.25, 0.3) is 0 Å². The zero-order valence-corrected chi connectivity index (χ0v) is 15.4. The van der Waals surface area contributed by atoms with Gasteiger partial charge in [0, 0.05) is 26.8 Å². The van der Waals surface area contributed by atoms with Crippen LogP contribution in [0.2, 0.25) is 6.04 Å². The quantitative estimate of drug-likeness (QED) is 0.484. The van der Waals surface area contributed by atoms with Crippen molar-refractivity contribution in [2.45, 2.75) is 45.6 Å². The molecule has 5 nitrogen and oxygen atoms in total. The normalized spacial score (nSPS) is 14.8. The predicted molar refractivity (Wildman–Crippen MR) is 91.3 cm³/mol. The maximum absolute atomic E-state index is 6.30. The monoisotopic (exact) mass is 326 g/mol. The first-order valence-corrected chi connectivity index (χ1v) is 9.80.